The van der Waals surface area contributed by atoms with Crippen LogP contribution in [-0.2, 0) is 0 Å². The number of rotatable bonds is 3. The summed E-state index contributed by atoms with van der Waals surface area (Å²) in [7, 11) is 0. The predicted octanol–water partition coefficient (Wildman–Crippen LogP) is 2.87. The minimum Gasteiger partial charge on any atom is -0.298 e. The molecule has 0 spiro atoms. The zero-order valence-corrected chi connectivity index (χ0v) is 8.89. The molecule has 2 rings (SSSR count). The van der Waals surface area contributed by atoms with Gasteiger partial charge in [-0.15, -0.1) is 0 Å². The zero-order valence-electron chi connectivity index (χ0n) is 8.89. The molecule has 0 unspecified atom stereocenters. The second-order valence-electron chi connectivity index (χ2n) is 3.54. The summed E-state index contributed by atoms with van der Waals surface area (Å²) in [5, 5.41) is 0. The fourth-order valence-corrected chi connectivity index (χ4v) is 1.59. The third-order valence-corrected chi connectivity index (χ3v) is 2.42. The van der Waals surface area contributed by atoms with Gasteiger partial charge in [-0.25, -0.2) is 4.39 Å². The van der Waals surface area contributed by atoms with Crippen molar-refractivity contribution in [3.05, 3.63) is 71.0 Å². The minimum absolute atomic E-state index is 0.235. The van der Waals surface area contributed by atoms with E-state index < -0.39 is 5.82 Å². The Morgan fingerprint density at radius 1 is 1.06 bits per heavy atom. The summed E-state index contributed by atoms with van der Waals surface area (Å²) in [4.78, 5) is 22.9. The van der Waals surface area contributed by atoms with Crippen LogP contribution in [0.2, 0.25) is 0 Å². The Balaban J connectivity index is 2.47. The van der Waals surface area contributed by atoms with Crippen LogP contribution in [-0.4, -0.2) is 12.1 Å². The van der Waals surface area contributed by atoms with E-state index in [4.69, 9.17) is 0 Å². The van der Waals surface area contributed by atoms with E-state index in [9.17, 15) is 14.0 Å². The summed E-state index contributed by atoms with van der Waals surface area (Å²) in [5.41, 5.74) is 0.828. The van der Waals surface area contributed by atoms with Crippen LogP contribution in [0.15, 0.2) is 48.5 Å². The summed E-state index contributed by atoms with van der Waals surface area (Å²) >= 11 is 0. The van der Waals surface area contributed by atoms with Gasteiger partial charge in [0.15, 0.2) is 12.1 Å². The second kappa shape index (κ2) is 4.70. The average Bonchev–Trinajstić information content (AvgIpc) is 2.38. The molecule has 0 bridgehead atoms. The van der Waals surface area contributed by atoms with E-state index in [0.717, 1.165) is 6.07 Å². The number of hydrogen-bond donors (Lipinski definition) is 0. The molecule has 0 amide bonds. The van der Waals surface area contributed by atoms with E-state index in [1.54, 1.807) is 24.3 Å². The second-order valence-corrected chi connectivity index (χ2v) is 3.54. The topological polar surface area (TPSA) is 34.1 Å². The third kappa shape index (κ3) is 2.28. The Labute approximate surface area is 97.7 Å². The average molecular weight is 228 g/mol. The van der Waals surface area contributed by atoms with Crippen molar-refractivity contribution in [2.45, 2.75) is 0 Å². The normalized spacial score (nSPS) is 9.94. The molecule has 0 fully saturated rings. The molecule has 0 aliphatic carbocycles. The van der Waals surface area contributed by atoms with Crippen LogP contribution in [0.5, 0.6) is 0 Å². The van der Waals surface area contributed by atoms with Gasteiger partial charge in [-0.3, -0.25) is 9.59 Å². The number of carbonyl (C=O) groups is 2. The number of ketones is 1. The Kier molecular flexibility index (Phi) is 3.10. The maximum absolute atomic E-state index is 13.0. The molecule has 0 atom stereocenters. The van der Waals surface area contributed by atoms with Gasteiger partial charge in [-0.05, 0) is 12.1 Å². The van der Waals surface area contributed by atoms with Gasteiger partial charge in [0.05, 0.1) is 0 Å². The molecule has 17 heavy (non-hydrogen) atoms. The van der Waals surface area contributed by atoms with Crippen molar-refractivity contribution >= 4 is 12.1 Å². The maximum atomic E-state index is 13.0. The molecule has 84 valence electrons. The van der Waals surface area contributed by atoms with Crippen LogP contribution in [0.25, 0.3) is 0 Å². The van der Waals surface area contributed by atoms with Gasteiger partial charge in [0.25, 0.3) is 0 Å². The first-order chi connectivity index (χ1) is 8.22. The van der Waals surface area contributed by atoms with E-state index in [1.807, 2.05) is 0 Å². The van der Waals surface area contributed by atoms with Crippen molar-refractivity contribution in [2.75, 3.05) is 0 Å². The lowest BCUT2D eigenvalue weighted by Crippen LogP contribution is -2.05. The highest BCUT2D eigenvalue weighted by Gasteiger charge is 2.12. The molecule has 0 heterocycles. The Morgan fingerprint density at radius 3 is 2.53 bits per heavy atom. The minimum atomic E-state index is -0.473. The van der Waals surface area contributed by atoms with Crippen LogP contribution >= 0.6 is 0 Å². The summed E-state index contributed by atoms with van der Waals surface area (Å²) in [5.74, 6) is -0.827. The first-order valence-electron chi connectivity index (χ1n) is 5.07. The molecular formula is C14H9FO2. The molecule has 3 heteroatoms. The lowest BCUT2D eigenvalue weighted by Gasteiger charge is -2.03. The van der Waals surface area contributed by atoms with Crippen LogP contribution < -0.4 is 0 Å². The summed E-state index contributed by atoms with van der Waals surface area (Å²) < 4.78 is 13.0. The molecule has 0 N–H and O–H groups in total. The van der Waals surface area contributed by atoms with E-state index >= 15 is 0 Å². The van der Waals surface area contributed by atoms with Crippen molar-refractivity contribution in [1.29, 1.82) is 0 Å². The highest BCUT2D eigenvalue weighted by atomic mass is 19.1. The fraction of sp³-hybridized carbons (Fsp3) is 0. The quantitative estimate of drug-likeness (QED) is 0.598. The Morgan fingerprint density at radius 2 is 1.82 bits per heavy atom. The van der Waals surface area contributed by atoms with Gasteiger partial charge in [0.2, 0.25) is 0 Å². The van der Waals surface area contributed by atoms with E-state index in [-0.39, 0.29) is 16.9 Å². The number of halogens is 1. The van der Waals surface area contributed by atoms with Gasteiger partial charge in [0.1, 0.15) is 5.82 Å². The monoisotopic (exact) mass is 228 g/mol. The van der Waals surface area contributed by atoms with Gasteiger partial charge in [-0.2, -0.15) is 0 Å². The smallest absolute Gasteiger partial charge is 0.193 e. The molecule has 2 nitrogen and oxygen atoms in total. The van der Waals surface area contributed by atoms with Crippen LogP contribution in [0.4, 0.5) is 4.39 Å². The van der Waals surface area contributed by atoms with Gasteiger partial charge < -0.3 is 0 Å². The van der Waals surface area contributed by atoms with Crippen molar-refractivity contribution < 1.29 is 14.0 Å². The first-order valence-corrected chi connectivity index (χ1v) is 5.07. The van der Waals surface area contributed by atoms with Crippen LogP contribution in [0, 0.1) is 5.82 Å². The maximum Gasteiger partial charge on any atom is 0.193 e. The van der Waals surface area contributed by atoms with Crippen molar-refractivity contribution in [3.63, 3.8) is 0 Å². The van der Waals surface area contributed by atoms with E-state index in [2.05, 4.69) is 0 Å². The number of hydrogen-bond acceptors (Lipinski definition) is 2. The summed E-state index contributed by atoms with van der Waals surface area (Å²) in [6.07, 6.45) is 0.618. The number of aldehydes is 1. The molecular weight excluding hydrogens is 219 g/mol. The molecule has 0 aromatic heterocycles. The van der Waals surface area contributed by atoms with E-state index in [1.165, 1.54) is 18.2 Å². The number of carbonyl (C=O) groups excluding carboxylic acids is 2. The fourth-order valence-electron chi connectivity index (χ4n) is 1.59. The van der Waals surface area contributed by atoms with Gasteiger partial charge in [0, 0.05) is 16.7 Å². The SMILES string of the molecule is O=Cc1ccccc1C(=O)c1cccc(F)c1. The standard InChI is InChI=1S/C14H9FO2/c15-12-6-3-5-10(8-12)14(17)13-7-2-1-4-11(13)9-16/h1-9H. The lowest BCUT2D eigenvalue weighted by molar-refractivity contribution is 0.102. The zero-order chi connectivity index (χ0) is 12.3. The van der Waals surface area contributed by atoms with E-state index in [0.29, 0.717) is 11.8 Å². The van der Waals surface area contributed by atoms with Crippen LogP contribution in [0.1, 0.15) is 26.3 Å². The Bertz CT molecular complexity index is 576. The molecule has 0 aliphatic rings. The predicted molar refractivity (Wildman–Crippen MR) is 61.7 cm³/mol. The molecule has 0 radical (unpaired) electrons. The molecule has 0 saturated carbocycles. The van der Waals surface area contributed by atoms with Crippen LogP contribution in [0.3, 0.4) is 0 Å². The van der Waals surface area contributed by atoms with Crippen molar-refractivity contribution in [2.24, 2.45) is 0 Å². The summed E-state index contributed by atoms with van der Waals surface area (Å²) in [6, 6.07) is 11.9. The highest BCUT2D eigenvalue weighted by molar-refractivity contribution is 6.12. The molecule has 2 aromatic rings. The third-order valence-electron chi connectivity index (χ3n) is 2.42. The molecule has 0 saturated heterocycles. The van der Waals surface area contributed by atoms with Crippen molar-refractivity contribution in [1.82, 2.24) is 0 Å². The van der Waals surface area contributed by atoms with Gasteiger partial charge in [-0.1, -0.05) is 36.4 Å². The first kappa shape index (κ1) is 11.2. The Hall–Kier alpha value is -2.29. The number of benzene rings is 2. The van der Waals surface area contributed by atoms with Crippen molar-refractivity contribution in [3.8, 4) is 0 Å². The molecule has 2 aromatic carbocycles. The lowest BCUT2D eigenvalue weighted by atomic mass is 9.99. The largest absolute Gasteiger partial charge is 0.298 e. The summed E-state index contributed by atoms with van der Waals surface area (Å²) in [6.45, 7) is 0. The highest BCUT2D eigenvalue weighted by Crippen LogP contribution is 2.14. The molecule has 0 aliphatic heterocycles. The van der Waals surface area contributed by atoms with Gasteiger partial charge >= 0.3 is 0 Å².